The summed E-state index contributed by atoms with van der Waals surface area (Å²) in [5.74, 6) is -1.92. The zero-order valence-corrected chi connectivity index (χ0v) is 17.6. The molecule has 1 atom stereocenters. The molecule has 0 radical (unpaired) electrons. The first kappa shape index (κ1) is 21.8. The van der Waals surface area contributed by atoms with E-state index < -0.39 is 18.4 Å². The summed E-state index contributed by atoms with van der Waals surface area (Å²) in [5.41, 5.74) is 1.96. The van der Waals surface area contributed by atoms with Crippen molar-refractivity contribution in [1.29, 1.82) is 0 Å². The van der Waals surface area contributed by atoms with Crippen LogP contribution in [-0.4, -0.2) is 57.2 Å². The zero-order chi connectivity index (χ0) is 21.7. The number of carbonyl (C=O) groups excluding carboxylic acids is 2. The van der Waals surface area contributed by atoms with E-state index in [1.54, 1.807) is 22.9 Å². The van der Waals surface area contributed by atoms with E-state index >= 15 is 0 Å². The first-order valence-electron chi connectivity index (χ1n) is 10.0. The fraction of sp³-hybridized carbons (Fsp3) is 0.429. The Labute approximate surface area is 179 Å². The predicted octanol–water partition coefficient (Wildman–Crippen LogP) is 2.98. The molecule has 0 saturated heterocycles. The molecule has 1 aromatic carbocycles. The zero-order valence-electron chi connectivity index (χ0n) is 16.8. The number of carboxylic acids is 1. The van der Waals surface area contributed by atoms with Crippen molar-refractivity contribution >= 4 is 29.4 Å². The van der Waals surface area contributed by atoms with Crippen LogP contribution < -0.4 is 5.32 Å². The van der Waals surface area contributed by atoms with Gasteiger partial charge in [-0.15, -0.1) is 0 Å². The molecule has 2 N–H and O–H groups in total. The Morgan fingerprint density at radius 1 is 1.27 bits per heavy atom. The van der Waals surface area contributed by atoms with Gasteiger partial charge in [0, 0.05) is 17.1 Å². The quantitative estimate of drug-likeness (QED) is 0.593. The molecule has 9 heteroatoms. The highest BCUT2D eigenvalue weighted by molar-refractivity contribution is 6.30. The van der Waals surface area contributed by atoms with Crippen molar-refractivity contribution in [3.05, 3.63) is 41.0 Å². The Hall–Kier alpha value is -2.87. The van der Waals surface area contributed by atoms with E-state index in [-0.39, 0.29) is 18.5 Å². The Balaban J connectivity index is 1.84. The lowest BCUT2D eigenvalue weighted by molar-refractivity contribution is -0.138. The van der Waals surface area contributed by atoms with Crippen molar-refractivity contribution in [2.45, 2.75) is 38.6 Å². The van der Waals surface area contributed by atoms with Gasteiger partial charge in [0.25, 0.3) is 5.91 Å². The molecule has 0 bridgehead atoms. The van der Waals surface area contributed by atoms with E-state index in [9.17, 15) is 14.4 Å². The van der Waals surface area contributed by atoms with Gasteiger partial charge in [-0.25, -0.2) is 0 Å². The molecule has 1 aromatic heterocycles. The number of aromatic nitrogens is 2. The van der Waals surface area contributed by atoms with E-state index in [1.165, 1.54) is 4.90 Å². The van der Waals surface area contributed by atoms with Crippen molar-refractivity contribution in [2.75, 3.05) is 19.6 Å². The minimum Gasteiger partial charge on any atom is -0.480 e. The summed E-state index contributed by atoms with van der Waals surface area (Å²) in [7, 11) is 0. The van der Waals surface area contributed by atoms with Crippen LogP contribution in [0.4, 0.5) is 0 Å². The van der Waals surface area contributed by atoms with Gasteiger partial charge in [0.2, 0.25) is 5.91 Å². The molecule has 1 unspecified atom stereocenters. The second-order valence-corrected chi connectivity index (χ2v) is 7.81. The van der Waals surface area contributed by atoms with Crippen molar-refractivity contribution in [2.24, 2.45) is 0 Å². The third kappa shape index (κ3) is 5.18. The summed E-state index contributed by atoms with van der Waals surface area (Å²) in [6, 6.07) is 8.94. The fourth-order valence-electron chi connectivity index (χ4n) is 3.55. The van der Waals surface area contributed by atoms with Crippen molar-refractivity contribution < 1.29 is 19.5 Å². The Morgan fingerprint density at radius 3 is 2.67 bits per heavy atom. The molecule has 0 aliphatic carbocycles. The van der Waals surface area contributed by atoms with Crippen LogP contribution in [0.2, 0.25) is 5.02 Å². The lowest BCUT2D eigenvalue weighted by atomic mass is 10.0. The molecule has 3 rings (SSSR count). The number of rotatable bonds is 9. The van der Waals surface area contributed by atoms with Gasteiger partial charge in [0.05, 0.1) is 18.3 Å². The maximum absolute atomic E-state index is 13.0. The van der Waals surface area contributed by atoms with Crippen molar-refractivity contribution in [3.8, 4) is 11.3 Å². The smallest absolute Gasteiger partial charge is 0.322 e. The first-order chi connectivity index (χ1) is 14.4. The minimum atomic E-state index is -1.13. The summed E-state index contributed by atoms with van der Waals surface area (Å²) in [5, 5.41) is 16.3. The maximum Gasteiger partial charge on any atom is 0.322 e. The second-order valence-electron chi connectivity index (χ2n) is 7.37. The van der Waals surface area contributed by atoms with Gasteiger partial charge in [0.15, 0.2) is 0 Å². The molecule has 2 aromatic rings. The van der Waals surface area contributed by atoms with E-state index in [0.717, 1.165) is 31.2 Å². The van der Waals surface area contributed by atoms with Crippen LogP contribution in [0.1, 0.15) is 49.1 Å². The molecule has 1 aliphatic heterocycles. The van der Waals surface area contributed by atoms with Gasteiger partial charge in [0.1, 0.15) is 12.2 Å². The topological polar surface area (TPSA) is 105 Å². The van der Waals surface area contributed by atoms with Gasteiger partial charge >= 0.3 is 5.97 Å². The molecule has 0 saturated carbocycles. The van der Waals surface area contributed by atoms with Crippen LogP contribution in [-0.2, 0) is 9.59 Å². The average molecular weight is 433 g/mol. The maximum atomic E-state index is 13.0. The number of hydrogen-bond donors (Lipinski definition) is 2. The monoisotopic (exact) mass is 432 g/mol. The highest BCUT2D eigenvalue weighted by Crippen LogP contribution is 2.29. The second kappa shape index (κ2) is 9.75. The first-order valence-corrected chi connectivity index (χ1v) is 10.4. The molecule has 0 fully saturated rings. The van der Waals surface area contributed by atoms with E-state index in [4.69, 9.17) is 16.7 Å². The number of carbonyl (C=O) groups is 3. The SMILES string of the molecule is CCCCCC1CN(CC(=O)NCC(=O)O)C(=O)c2cc(-c3ccc(Cl)cc3)nn21. The van der Waals surface area contributed by atoms with Gasteiger partial charge in [-0.05, 0) is 24.6 Å². The number of benzene rings is 1. The van der Waals surface area contributed by atoms with Crippen LogP contribution in [0.5, 0.6) is 0 Å². The van der Waals surface area contributed by atoms with Crippen molar-refractivity contribution in [3.63, 3.8) is 0 Å². The highest BCUT2D eigenvalue weighted by Gasteiger charge is 2.33. The lowest BCUT2D eigenvalue weighted by Gasteiger charge is -2.33. The van der Waals surface area contributed by atoms with Crippen LogP contribution in [0.3, 0.4) is 0 Å². The lowest BCUT2D eigenvalue weighted by Crippen LogP contribution is -2.48. The highest BCUT2D eigenvalue weighted by atomic mass is 35.5. The molecule has 1 aliphatic rings. The molecule has 2 amide bonds. The van der Waals surface area contributed by atoms with Crippen LogP contribution in [0.25, 0.3) is 11.3 Å². The number of amides is 2. The summed E-state index contributed by atoms with van der Waals surface area (Å²) < 4.78 is 1.77. The van der Waals surface area contributed by atoms with E-state index in [1.807, 2.05) is 12.1 Å². The third-order valence-electron chi connectivity index (χ3n) is 5.07. The number of halogens is 1. The van der Waals surface area contributed by atoms with Crippen LogP contribution >= 0.6 is 11.6 Å². The van der Waals surface area contributed by atoms with E-state index in [0.29, 0.717) is 23.0 Å². The van der Waals surface area contributed by atoms with Gasteiger partial charge in [-0.3, -0.25) is 19.1 Å². The normalized spacial score (nSPS) is 15.7. The number of nitrogens with zero attached hydrogens (tertiary/aromatic N) is 3. The van der Waals surface area contributed by atoms with E-state index in [2.05, 4.69) is 17.3 Å². The van der Waals surface area contributed by atoms with Crippen LogP contribution in [0, 0.1) is 0 Å². The van der Waals surface area contributed by atoms with Gasteiger partial charge in [-0.1, -0.05) is 49.9 Å². The molecule has 30 heavy (non-hydrogen) atoms. The number of aliphatic carboxylic acids is 1. The molecular formula is C21H25ClN4O4. The Kier molecular flexibility index (Phi) is 7.10. The molecule has 160 valence electrons. The molecule has 0 spiro atoms. The minimum absolute atomic E-state index is 0.0439. The van der Waals surface area contributed by atoms with Crippen LogP contribution in [0.15, 0.2) is 30.3 Å². The Bertz CT molecular complexity index is 926. The number of fused-ring (bicyclic) bond motifs is 1. The average Bonchev–Trinajstić information content (AvgIpc) is 3.16. The molecule has 8 nitrogen and oxygen atoms in total. The number of carboxylic acid groups (broad SMARTS) is 1. The third-order valence-corrected chi connectivity index (χ3v) is 5.32. The number of hydrogen-bond acceptors (Lipinski definition) is 4. The van der Waals surface area contributed by atoms with Gasteiger partial charge in [-0.2, -0.15) is 5.10 Å². The summed E-state index contributed by atoms with van der Waals surface area (Å²) in [6.45, 7) is 1.83. The fourth-order valence-corrected chi connectivity index (χ4v) is 3.68. The summed E-state index contributed by atoms with van der Waals surface area (Å²) in [4.78, 5) is 37.2. The number of unbranched alkanes of at least 4 members (excludes halogenated alkanes) is 2. The largest absolute Gasteiger partial charge is 0.480 e. The number of nitrogens with one attached hydrogen (secondary N) is 1. The van der Waals surface area contributed by atoms with Gasteiger partial charge < -0.3 is 15.3 Å². The predicted molar refractivity (Wildman–Crippen MR) is 112 cm³/mol. The summed E-state index contributed by atoms with van der Waals surface area (Å²) in [6.07, 6.45) is 3.98. The standard InChI is InChI=1S/C21H25ClN4O4/c1-2-3-4-5-16-12-25(13-19(27)23-11-20(28)29)21(30)18-10-17(24-26(16)18)14-6-8-15(22)9-7-14/h6-10,16H,2-5,11-13H2,1H3,(H,23,27)(H,28,29). The molecule has 2 heterocycles. The summed E-state index contributed by atoms with van der Waals surface area (Å²) >= 11 is 5.97. The van der Waals surface area contributed by atoms with Crippen molar-refractivity contribution in [1.82, 2.24) is 20.0 Å². The Morgan fingerprint density at radius 2 is 2.00 bits per heavy atom. The molecular weight excluding hydrogens is 408 g/mol.